The fraction of sp³-hybridized carbons (Fsp3) is 0.143. The summed E-state index contributed by atoms with van der Waals surface area (Å²) in [7, 11) is 0. The van der Waals surface area contributed by atoms with Crippen LogP contribution in [0.4, 0.5) is 14.5 Å². The predicted molar refractivity (Wildman–Crippen MR) is 108 cm³/mol. The zero-order valence-electron chi connectivity index (χ0n) is 15.3. The number of aryl methyl sites for hydroxylation is 1. The Labute approximate surface area is 170 Å². The van der Waals surface area contributed by atoms with E-state index in [4.69, 9.17) is 11.6 Å². The standard InChI is InChI=1S/C21H15ClF2N4O/c1-13-9-11-25-18(26-13)6-7-19-27-16-8-10-21(23,24)12-14(16)20(29)28(19)17-5-3-2-4-15(17)22/h2-12,19H,1H3/t19-/m0/s1. The van der Waals surface area contributed by atoms with Crippen molar-refractivity contribution < 1.29 is 13.6 Å². The van der Waals surface area contributed by atoms with E-state index in [0.29, 0.717) is 22.6 Å². The van der Waals surface area contributed by atoms with Gasteiger partial charge in [0.15, 0.2) is 5.82 Å². The number of alkyl halides is 2. The maximum Gasteiger partial charge on any atom is 0.286 e. The van der Waals surface area contributed by atoms with Crippen molar-refractivity contribution in [1.29, 1.82) is 0 Å². The normalized spacial score (nSPS) is 20.5. The summed E-state index contributed by atoms with van der Waals surface area (Å²) >= 11 is 6.28. The molecule has 0 saturated carbocycles. The fourth-order valence-corrected chi connectivity index (χ4v) is 3.30. The Bertz CT molecular complexity index is 1110. The number of carbonyl (C=O) groups excluding carboxylic acids is 1. The van der Waals surface area contributed by atoms with Crippen molar-refractivity contribution in [1.82, 2.24) is 9.97 Å². The van der Waals surface area contributed by atoms with Gasteiger partial charge in [0.1, 0.15) is 6.17 Å². The van der Waals surface area contributed by atoms with Gasteiger partial charge < -0.3 is 0 Å². The number of rotatable bonds is 3. The molecule has 29 heavy (non-hydrogen) atoms. The molecule has 0 saturated heterocycles. The summed E-state index contributed by atoms with van der Waals surface area (Å²) in [6.07, 6.45) is 6.62. The Morgan fingerprint density at radius 2 is 2.03 bits per heavy atom. The molecule has 146 valence electrons. The average molecular weight is 413 g/mol. The van der Waals surface area contributed by atoms with Crippen LogP contribution in [0.15, 0.2) is 71.4 Å². The highest BCUT2D eigenvalue weighted by molar-refractivity contribution is 6.36. The van der Waals surface area contributed by atoms with E-state index in [1.54, 1.807) is 48.7 Å². The van der Waals surface area contributed by atoms with Gasteiger partial charge in [-0.1, -0.05) is 23.7 Å². The summed E-state index contributed by atoms with van der Waals surface area (Å²) in [4.78, 5) is 27.4. The van der Waals surface area contributed by atoms with Crippen LogP contribution in [0.3, 0.4) is 0 Å². The molecule has 2 heterocycles. The van der Waals surface area contributed by atoms with Crippen molar-refractivity contribution in [3.8, 4) is 0 Å². The molecule has 0 spiro atoms. The molecule has 0 radical (unpaired) electrons. The van der Waals surface area contributed by atoms with Gasteiger partial charge in [0.05, 0.1) is 22.0 Å². The quantitative estimate of drug-likeness (QED) is 0.750. The van der Waals surface area contributed by atoms with Gasteiger partial charge in [-0.15, -0.1) is 0 Å². The number of halogens is 3. The predicted octanol–water partition coefficient (Wildman–Crippen LogP) is 4.40. The van der Waals surface area contributed by atoms with Crippen LogP contribution in [0.1, 0.15) is 11.5 Å². The van der Waals surface area contributed by atoms with Gasteiger partial charge in [-0.3, -0.25) is 14.7 Å². The molecule has 2 aromatic rings. The maximum atomic E-state index is 13.8. The summed E-state index contributed by atoms with van der Waals surface area (Å²) in [5, 5.41) is 0.309. The molecule has 1 aliphatic heterocycles. The average Bonchev–Trinajstić information content (AvgIpc) is 2.68. The first kappa shape index (κ1) is 19.1. The van der Waals surface area contributed by atoms with Crippen LogP contribution in [-0.4, -0.2) is 33.7 Å². The first-order valence-corrected chi connectivity index (χ1v) is 9.16. The second-order valence-electron chi connectivity index (χ2n) is 6.54. The van der Waals surface area contributed by atoms with Gasteiger partial charge in [-0.05, 0) is 49.4 Å². The number of aromatic nitrogens is 2. The molecule has 0 bridgehead atoms. The van der Waals surface area contributed by atoms with Crippen molar-refractivity contribution >= 4 is 35.0 Å². The Balaban J connectivity index is 1.81. The Morgan fingerprint density at radius 3 is 2.79 bits per heavy atom. The van der Waals surface area contributed by atoms with Gasteiger partial charge in [0.25, 0.3) is 11.8 Å². The van der Waals surface area contributed by atoms with Crippen molar-refractivity contribution in [3.05, 3.63) is 82.9 Å². The fourth-order valence-electron chi connectivity index (χ4n) is 3.08. The second kappa shape index (κ2) is 7.33. The Morgan fingerprint density at radius 1 is 1.24 bits per heavy atom. The summed E-state index contributed by atoms with van der Waals surface area (Å²) in [6, 6.07) is 8.46. The minimum atomic E-state index is -3.21. The Hall–Kier alpha value is -3.19. The summed E-state index contributed by atoms with van der Waals surface area (Å²) in [5.41, 5.74) is 1.20. The van der Waals surface area contributed by atoms with E-state index in [0.717, 1.165) is 11.8 Å². The van der Waals surface area contributed by atoms with Crippen LogP contribution in [0.5, 0.6) is 0 Å². The van der Waals surface area contributed by atoms with Crippen molar-refractivity contribution in [2.45, 2.75) is 19.0 Å². The van der Waals surface area contributed by atoms with Crippen LogP contribution in [0.25, 0.3) is 6.08 Å². The third-order valence-corrected chi connectivity index (χ3v) is 4.72. The summed E-state index contributed by atoms with van der Waals surface area (Å²) in [5.74, 6) is -3.37. The van der Waals surface area contributed by atoms with E-state index >= 15 is 0 Å². The van der Waals surface area contributed by atoms with E-state index in [9.17, 15) is 13.6 Å². The number of fused-ring (bicyclic) bond motifs is 1. The number of allylic oxidation sites excluding steroid dienone is 3. The molecule has 8 heteroatoms. The molecule has 2 aliphatic rings. The topological polar surface area (TPSA) is 58.5 Å². The van der Waals surface area contributed by atoms with E-state index < -0.39 is 18.0 Å². The van der Waals surface area contributed by atoms with Gasteiger partial charge >= 0.3 is 0 Å². The zero-order valence-corrected chi connectivity index (χ0v) is 16.0. The molecular weight excluding hydrogens is 398 g/mol. The van der Waals surface area contributed by atoms with Gasteiger partial charge in [-0.25, -0.2) is 9.97 Å². The molecule has 0 N–H and O–H groups in total. The van der Waals surface area contributed by atoms with Crippen molar-refractivity contribution in [2.24, 2.45) is 4.99 Å². The maximum absolute atomic E-state index is 13.8. The van der Waals surface area contributed by atoms with Crippen LogP contribution in [-0.2, 0) is 4.79 Å². The van der Waals surface area contributed by atoms with Gasteiger partial charge in [-0.2, -0.15) is 8.78 Å². The molecule has 0 unspecified atom stereocenters. The van der Waals surface area contributed by atoms with Gasteiger partial charge in [0, 0.05) is 18.0 Å². The number of anilines is 1. The molecule has 1 amide bonds. The molecule has 4 rings (SSSR count). The SMILES string of the molecule is Cc1ccnc(C=C[C@H]2N=C3C=CC(F)(F)C=C3C(=O)N2c2ccccc2Cl)n1. The molecule has 1 aromatic heterocycles. The highest BCUT2D eigenvalue weighted by Crippen LogP contribution is 2.35. The molecule has 1 aromatic carbocycles. The number of nitrogens with zero attached hydrogens (tertiary/aromatic N) is 4. The number of carbonyl (C=O) groups is 1. The lowest BCUT2D eigenvalue weighted by atomic mass is 9.97. The molecule has 5 nitrogen and oxygen atoms in total. The summed E-state index contributed by atoms with van der Waals surface area (Å²) < 4.78 is 27.6. The van der Waals surface area contributed by atoms with Crippen LogP contribution >= 0.6 is 11.6 Å². The lowest BCUT2D eigenvalue weighted by Crippen LogP contribution is -2.46. The number of para-hydroxylation sites is 1. The first-order chi connectivity index (χ1) is 13.8. The lowest BCUT2D eigenvalue weighted by molar-refractivity contribution is -0.115. The minimum absolute atomic E-state index is 0.158. The molecule has 1 aliphatic carbocycles. The number of amides is 1. The van der Waals surface area contributed by atoms with E-state index in [2.05, 4.69) is 15.0 Å². The number of benzene rings is 1. The first-order valence-electron chi connectivity index (χ1n) is 8.78. The third kappa shape index (κ3) is 3.86. The van der Waals surface area contributed by atoms with E-state index in [1.165, 1.54) is 11.0 Å². The number of hydrogen-bond acceptors (Lipinski definition) is 4. The Kier molecular flexibility index (Phi) is 4.84. The van der Waals surface area contributed by atoms with E-state index in [-0.39, 0.29) is 11.3 Å². The van der Waals surface area contributed by atoms with Crippen LogP contribution < -0.4 is 4.90 Å². The smallest absolute Gasteiger partial charge is 0.280 e. The monoisotopic (exact) mass is 412 g/mol. The minimum Gasteiger partial charge on any atom is -0.280 e. The molecular formula is C21H15ClF2N4O. The lowest BCUT2D eigenvalue weighted by Gasteiger charge is -2.34. The number of hydrogen-bond donors (Lipinski definition) is 0. The third-order valence-electron chi connectivity index (χ3n) is 4.40. The molecule has 1 atom stereocenters. The van der Waals surface area contributed by atoms with E-state index in [1.807, 2.05) is 6.92 Å². The second-order valence-corrected chi connectivity index (χ2v) is 6.94. The van der Waals surface area contributed by atoms with Crippen LogP contribution in [0, 0.1) is 6.92 Å². The van der Waals surface area contributed by atoms with Crippen molar-refractivity contribution in [2.75, 3.05) is 4.90 Å². The summed E-state index contributed by atoms with van der Waals surface area (Å²) in [6.45, 7) is 1.84. The number of aliphatic imine (C=N–C) groups is 1. The van der Waals surface area contributed by atoms with Gasteiger partial charge in [0.2, 0.25) is 0 Å². The van der Waals surface area contributed by atoms with Crippen molar-refractivity contribution in [3.63, 3.8) is 0 Å². The highest BCUT2D eigenvalue weighted by atomic mass is 35.5. The van der Waals surface area contributed by atoms with Crippen LogP contribution in [0.2, 0.25) is 5.02 Å². The zero-order chi connectivity index (χ0) is 20.6. The molecule has 0 fully saturated rings. The highest BCUT2D eigenvalue weighted by Gasteiger charge is 2.39. The largest absolute Gasteiger partial charge is 0.286 e.